The summed E-state index contributed by atoms with van der Waals surface area (Å²) in [7, 11) is -1.83. The molecule has 0 saturated heterocycles. The molecule has 0 aliphatic heterocycles. The highest BCUT2D eigenvalue weighted by atomic mass is 28.4. The van der Waals surface area contributed by atoms with Crippen LogP contribution >= 0.6 is 0 Å². The van der Waals surface area contributed by atoms with Gasteiger partial charge in [-0.2, -0.15) is 0 Å². The molecule has 3 fully saturated rings. The molecule has 1 aromatic rings. The molecule has 26 heavy (non-hydrogen) atoms. The third kappa shape index (κ3) is 3.91. The average molecular weight is 371 g/mol. The monoisotopic (exact) mass is 370 g/mol. The zero-order valence-electron chi connectivity index (χ0n) is 16.6. The maximum absolute atomic E-state index is 7.36. The molecule has 144 valence electrons. The third-order valence-corrected chi connectivity index (χ3v) is 13.9. The smallest absolute Gasteiger partial charge is 0.260 e. The molecule has 0 amide bonds. The maximum atomic E-state index is 7.36. The first-order valence-corrected chi connectivity index (χ1v) is 13.8. The largest absolute Gasteiger partial charge is 0.543 e. The molecule has 0 N–H and O–H groups in total. The van der Waals surface area contributed by atoms with Crippen molar-refractivity contribution in [2.75, 3.05) is 0 Å². The summed E-state index contributed by atoms with van der Waals surface area (Å²) in [6, 6.07) is 11.0. The van der Waals surface area contributed by atoms with Gasteiger partial charge in [0.2, 0.25) is 0 Å². The molecule has 0 heterocycles. The average Bonchev–Trinajstić information content (AvgIpc) is 2.75. The van der Waals surface area contributed by atoms with Crippen LogP contribution in [0, 0.1) is 0 Å². The van der Waals surface area contributed by atoms with Gasteiger partial charge >= 0.3 is 0 Å². The summed E-state index contributed by atoms with van der Waals surface area (Å²) in [5.74, 6) is 1.20. The first-order valence-electron chi connectivity index (χ1n) is 11.6. The molecule has 0 unspecified atom stereocenters. The van der Waals surface area contributed by atoms with Gasteiger partial charge in [-0.1, -0.05) is 76.0 Å². The molecule has 3 saturated carbocycles. The fourth-order valence-corrected chi connectivity index (χ4v) is 13.6. The summed E-state index contributed by atoms with van der Waals surface area (Å²) >= 11 is 0. The standard InChI is InChI=1S/C24H38OSi/c1-5-13-21(14-6-1)25-26(22-15-7-2-8-16-22,23-17-9-3-10-18-23)24-19-11-4-12-20-24/h1,5-6,13-14,22-24H,2-4,7-12,15-20H2. The van der Waals surface area contributed by atoms with E-state index in [0.717, 1.165) is 16.6 Å². The van der Waals surface area contributed by atoms with Crippen LogP contribution in [0.25, 0.3) is 0 Å². The fourth-order valence-electron chi connectivity index (χ4n) is 6.60. The second kappa shape index (κ2) is 8.95. The predicted octanol–water partition coefficient (Wildman–Crippen LogP) is 8.01. The molecule has 0 radical (unpaired) electrons. The summed E-state index contributed by atoms with van der Waals surface area (Å²) in [4.78, 5) is 0. The number of hydrogen-bond acceptors (Lipinski definition) is 1. The lowest BCUT2D eigenvalue weighted by Crippen LogP contribution is -2.56. The Morgan fingerprint density at radius 2 is 0.923 bits per heavy atom. The Balaban J connectivity index is 1.71. The Kier molecular flexibility index (Phi) is 6.40. The summed E-state index contributed by atoms with van der Waals surface area (Å²) in [5, 5.41) is 0. The van der Waals surface area contributed by atoms with Gasteiger partial charge in [-0.25, -0.2) is 0 Å². The molecule has 0 aromatic heterocycles. The van der Waals surface area contributed by atoms with E-state index in [9.17, 15) is 0 Å². The van der Waals surface area contributed by atoms with E-state index >= 15 is 0 Å². The highest BCUT2D eigenvalue weighted by Gasteiger charge is 2.56. The van der Waals surface area contributed by atoms with Gasteiger partial charge in [-0.05, 0) is 67.3 Å². The van der Waals surface area contributed by atoms with Crippen LogP contribution in [-0.2, 0) is 0 Å². The lowest BCUT2D eigenvalue weighted by molar-refractivity contribution is 0.344. The Morgan fingerprint density at radius 3 is 1.31 bits per heavy atom. The minimum Gasteiger partial charge on any atom is -0.543 e. The van der Waals surface area contributed by atoms with E-state index in [4.69, 9.17) is 4.43 Å². The quantitative estimate of drug-likeness (QED) is 0.477. The van der Waals surface area contributed by atoms with Gasteiger partial charge in [-0.3, -0.25) is 0 Å². The van der Waals surface area contributed by atoms with Gasteiger partial charge in [0.15, 0.2) is 0 Å². The molecule has 2 heteroatoms. The fraction of sp³-hybridized carbons (Fsp3) is 0.750. The predicted molar refractivity (Wildman–Crippen MR) is 113 cm³/mol. The molecular formula is C24H38OSi. The van der Waals surface area contributed by atoms with Gasteiger partial charge in [0.1, 0.15) is 5.75 Å². The highest BCUT2D eigenvalue weighted by Crippen LogP contribution is 2.57. The van der Waals surface area contributed by atoms with Crippen LogP contribution in [0.2, 0.25) is 16.6 Å². The van der Waals surface area contributed by atoms with Crippen LogP contribution in [0.3, 0.4) is 0 Å². The molecule has 0 bridgehead atoms. The summed E-state index contributed by atoms with van der Waals surface area (Å²) in [6.45, 7) is 0. The van der Waals surface area contributed by atoms with Crippen molar-refractivity contribution in [2.24, 2.45) is 0 Å². The third-order valence-electron chi connectivity index (χ3n) is 7.77. The van der Waals surface area contributed by atoms with Crippen LogP contribution in [-0.4, -0.2) is 8.32 Å². The van der Waals surface area contributed by atoms with E-state index in [1.54, 1.807) is 0 Å². The summed E-state index contributed by atoms with van der Waals surface area (Å²) in [5.41, 5.74) is 2.76. The van der Waals surface area contributed by atoms with Gasteiger partial charge in [-0.15, -0.1) is 0 Å². The normalized spacial score (nSPS) is 24.5. The molecule has 3 aliphatic rings. The van der Waals surface area contributed by atoms with E-state index < -0.39 is 8.32 Å². The van der Waals surface area contributed by atoms with Gasteiger partial charge < -0.3 is 4.43 Å². The molecular weight excluding hydrogens is 332 g/mol. The van der Waals surface area contributed by atoms with Crippen LogP contribution in [0.5, 0.6) is 5.75 Å². The van der Waals surface area contributed by atoms with E-state index in [1.165, 1.54) is 102 Å². The van der Waals surface area contributed by atoms with Crippen LogP contribution in [0.4, 0.5) is 0 Å². The van der Waals surface area contributed by atoms with Gasteiger partial charge in [0.25, 0.3) is 8.32 Å². The Bertz CT molecular complexity index is 479. The molecule has 0 spiro atoms. The minimum absolute atomic E-state index is 0.919. The zero-order valence-corrected chi connectivity index (χ0v) is 17.6. The molecule has 1 aromatic carbocycles. The SMILES string of the molecule is c1ccc(O[Si](C2CCCCC2)(C2CCCCC2)C2CCCCC2)cc1. The van der Waals surface area contributed by atoms with Crippen molar-refractivity contribution < 1.29 is 4.43 Å². The minimum atomic E-state index is -1.83. The maximum Gasteiger partial charge on any atom is 0.260 e. The summed E-state index contributed by atoms with van der Waals surface area (Å²) in [6.07, 6.45) is 21.9. The Hall–Kier alpha value is -0.763. The van der Waals surface area contributed by atoms with Crippen molar-refractivity contribution in [3.8, 4) is 5.75 Å². The van der Waals surface area contributed by atoms with E-state index in [1.807, 2.05) is 0 Å². The van der Waals surface area contributed by atoms with Crippen molar-refractivity contribution in [3.63, 3.8) is 0 Å². The summed E-state index contributed by atoms with van der Waals surface area (Å²) < 4.78 is 7.36. The van der Waals surface area contributed by atoms with Crippen molar-refractivity contribution >= 4 is 8.32 Å². The highest BCUT2D eigenvalue weighted by molar-refractivity contribution is 6.78. The molecule has 4 rings (SSSR count). The number of para-hydroxylation sites is 1. The van der Waals surface area contributed by atoms with E-state index in [0.29, 0.717) is 0 Å². The van der Waals surface area contributed by atoms with Crippen LogP contribution in [0.15, 0.2) is 30.3 Å². The van der Waals surface area contributed by atoms with E-state index in [2.05, 4.69) is 30.3 Å². The van der Waals surface area contributed by atoms with Gasteiger partial charge in [0.05, 0.1) is 0 Å². The number of rotatable bonds is 5. The van der Waals surface area contributed by atoms with Crippen molar-refractivity contribution in [3.05, 3.63) is 30.3 Å². The topological polar surface area (TPSA) is 9.23 Å². The van der Waals surface area contributed by atoms with Crippen molar-refractivity contribution in [1.29, 1.82) is 0 Å². The Labute approximate surface area is 162 Å². The van der Waals surface area contributed by atoms with Gasteiger partial charge in [0, 0.05) is 0 Å². The lowest BCUT2D eigenvalue weighted by atomic mass is 9.98. The van der Waals surface area contributed by atoms with Crippen LogP contribution in [0.1, 0.15) is 96.3 Å². The van der Waals surface area contributed by atoms with Crippen LogP contribution < -0.4 is 4.43 Å². The van der Waals surface area contributed by atoms with E-state index in [-0.39, 0.29) is 0 Å². The second-order valence-electron chi connectivity index (χ2n) is 9.27. The number of hydrogen-bond donors (Lipinski definition) is 0. The van der Waals surface area contributed by atoms with Crippen molar-refractivity contribution in [1.82, 2.24) is 0 Å². The van der Waals surface area contributed by atoms with Crippen molar-refractivity contribution in [2.45, 2.75) is 113 Å². The second-order valence-corrected chi connectivity index (χ2v) is 13.6. The molecule has 3 aliphatic carbocycles. The first kappa shape index (κ1) is 18.6. The molecule has 0 atom stereocenters. The Morgan fingerprint density at radius 1 is 0.538 bits per heavy atom. The molecule has 1 nitrogen and oxygen atoms in total. The lowest BCUT2D eigenvalue weighted by Gasteiger charge is -2.51. The number of benzene rings is 1. The first-order chi connectivity index (χ1) is 12.9. The zero-order chi connectivity index (χ0) is 17.7.